The second-order valence-electron chi connectivity index (χ2n) is 4.96. The lowest BCUT2D eigenvalue weighted by molar-refractivity contribution is 0.614. The minimum absolute atomic E-state index is 0.173. The summed E-state index contributed by atoms with van der Waals surface area (Å²) in [5, 5.41) is 3.22. The van der Waals surface area contributed by atoms with E-state index in [1.54, 1.807) is 6.07 Å². The van der Waals surface area contributed by atoms with Crippen molar-refractivity contribution in [2.24, 2.45) is 0 Å². The molecule has 18 heavy (non-hydrogen) atoms. The first-order valence-corrected chi connectivity index (χ1v) is 6.32. The molecular weight excluding hydrogens is 225 g/mol. The number of nitrogens with one attached hydrogen (secondary N) is 1. The van der Waals surface area contributed by atoms with Gasteiger partial charge in [0.2, 0.25) is 0 Å². The van der Waals surface area contributed by atoms with Crippen molar-refractivity contribution in [2.75, 3.05) is 11.9 Å². The van der Waals surface area contributed by atoms with E-state index in [0.717, 1.165) is 18.5 Å². The summed E-state index contributed by atoms with van der Waals surface area (Å²) in [5.74, 6) is 0.342. The molecule has 0 bridgehead atoms. The summed E-state index contributed by atoms with van der Waals surface area (Å²) in [6.45, 7) is 2.78. The first kappa shape index (κ1) is 11.3. The monoisotopic (exact) mass is 241 g/mol. The summed E-state index contributed by atoms with van der Waals surface area (Å²) in [6, 6.07) is 13.6. The topological polar surface area (TPSA) is 12.0 Å². The smallest absolute Gasteiger partial charge is 0.146 e. The minimum atomic E-state index is -0.173. The quantitative estimate of drug-likeness (QED) is 0.859. The van der Waals surface area contributed by atoms with Crippen LogP contribution in [0, 0.1) is 12.7 Å². The molecule has 1 unspecified atom stereocenters. The number of hydrogen-bond acceptors (Lipinski definition) is 1. The fraction of sp³-hybridized carbons (Fsp3) is 0.250. The van der Waals surface area contributed by atoms with Crippen LogP contribution in [0.3, 0.4) is 0 Å². The van der Waals surface area contributed by atoms with E-state index in [-0.39, 0.29) is 5.82 Å². The van der Waals surface area contributed by atoms with Crippen LogP contribution in [-0.4, -0.2) is 6.54 Å². The van der Waals surface area contributed by atoms with E-state index in [2.05, 4.69) is 29.6 Å². The summed E-state index contributed by atoms with van der Waals surface area (Å²) in [7, 11) is 0. The molecule has 2 aromatic carbocycles. The number of hydrogen-bond donors (Lipinski definition) is 1. The van der Waals surface area contributed by atoms with Gasteiger partial charge < -0.3 is 5.32 Å². The molecule has 1 aliphatic carbocycles. The molecule has 0 saturated heterocycles. The van der Waals surface area contributed by atoms with Crippen LogP contribution in [0.1, 0.15) is 22.6 Å². The summed E-state index contributed by atoms with van der Waals surface area (Å²) in [5.41, 5.74) is 4.51. The third-order valence-electron chi connectivity index (χ3n) is 3.62. The molecule has 0 spiro atoms. The number of aryl methyl sites for hydroxylation is 1. The van der Waals surface area contributed by atoms with Crippen LogP contribution in [0.5, 0.6) is 0 Å². The van der Waals surface area contributed by atoms with E-state index in [9.17, 15) is 4.39 Å². The fourth-order valence-electron chi connectivity index (χ4n) is 2.55. The molecule has 0 aromatic heterocycles. The molecule has 1 aliphatic rings. The van der Waals surface area contributed by atoms with E-state index in [4.69, 9.17) is 0 Å². The summed E-state index contributed by atoms with van der Waals surface area (Å²) in [6.07, 6.45) is 1.09. The zero-order valence-electron chi connectivity index (χ0n) is 10.4. The first-order valence-electron chi connectivity index (χ1n) is 6.32. The number of anilines is 1. The van der Waals surface area contributed by atoms with E-state index in [1.807, 2.05) is 13.0 Å². The van der Waals surface area contributed by atoms with Gasteiger partial charge in [0.25, 0.3) is 0 Å². The van der Waals surface area contributed by atoms with Crippen molar-refractivity contribution < 1.29 is 4.39 Å². The van der Waals surface area contributed by atoms with Gasteiger partial charge in [-0.3, -0.25) is 0 Å². The Hall–Kier alpha value is -1.83. The minimum Gasteiger partial charge on any atom is -0.382 e. The highest BCUT2D eigenvalue weighted by atomic mass is 19.1. The lowest BCUT2D eigenvalue weighted by Crippen LogP contribution is -2.24. The average Bonchev–Trinajstić information content (AvgIpc) is 2.34. The Kier molecular flexibility index (Phi) is 2.78. The van der Waals surface area contributed by atoms with Crippen LogP contribution < -0.4 is 5.32 Å². The number of benzene rings is 2. The van der Waals surface area contributed by atoms with Gasteiger partial charge in [-0.25, -0.2) is 4.39 Å². The standard InChI is InChI=1S/C16H16FN/c1-11-6-7-15(17)16(8-11)18-10-13-9-12-4-2-3-5-14(12)13/h2-8,13,18H,9-10H2,1H3. The van der Waals surface area contributed by atoms with Gasteiger partial charge in [-0.2, -0.15) is 0 Å². The SMILES string of the molecule is Cc1ccc(F)c(NCC2Cc3ccccc32)c1. The number of halogens is 1. The van der Waals surface area contributed by atoms with Crippen molar-refractivity contribution in [1.82, 2.24) is 0 Å². The van der Waals surface area contributed by atoms with Crippen LogP contribution in [0.25, 0.3) is 0 Å². The van der Waals surface area contributed by atoms with Gasteiger partial charge in [-0.15, -0.1) is 0 Å². The first-order chi connectivity index (χ1) is 8.74. The fourth-order valence-corrected chi connectivity index (χ4v) is 2.55. The van der Waals surface area contributed by atoms with Crippen LogP contribution in [0.4, 0.5) is 10.1 Å². The Morgan fingerprint density at radius 3 is 2.89 bits per heavy atom. The van der Waals surface area contributed by atoms with Crippen molar-refractivity contribution in [3.05, 3.63) is 65.0 Å². The maximum Gasteiger partial charge on any atom is 0.146 e. The van der Waals surface area contributed by atoms with E-state index >= 15 is 0 Å². The Morgan fingerprint density at radius 1 is 1.22 bits per heavy atom. The molecule has 2 heteroatoms. The molecule has 2 aromatic rings. The Labute approximate surface area is 107 Å². The third-order valence-corrected chi connectivity index (χ3v) is 3.62. The Morgan fingerprint density at radius 2 is 2.06 bits per heavy atom. The van der Waals surface area contributed by atoms with Gasteiger partial charge in [0.15, 0.2) is 0 Å². The van der Waals surface area contributed by atoms with Gasteiger partial charge in [-0.1, -0.05) is 30.3 Å². The Balaban J connectivity index is 1.68. The summed E-state index contributed by atoms with van der Waals surface area (Å²) < 4.78 is 13.6. The van der Waals surface area contributed by atoms with Crippen molar-refractivity contribution in [1.29, 1.82) is 0 Å². The highest BCUT2D eigenvalue weighted by Gasteiger charge is 2.24. The summed E-state index contributed by atoms with van der Waals surface area (Å²) >= 11 is 0. The predicted molar refractivity (Wildman–Crippen MR) is 72.5 cm³/mol. The molecule has 1 nitrogen and oxygen atoms in total. The second-order valence-corrected chi connectivity index (χ2v) is 4.96. The van der Waals surface area contributed by atoms with Crippen molar-refractivity contribution in [3.63, 3.8) is 0 Å². The van der Waals surface area contributed by atoms with Gasteiger partial charge in [-0.05, 0) is 42.2 Å². The molecule has 0 saturated carbocycles. The second kappa shape index (κ2) is 4.45. The lowest BCUT2D eigenvalue weighted by atomic mass is 9.77. The van der Waals surface area contributed by atoms with Crippen molar-refractivity contribution in [2.45, 2.75) is 19.3 Å². The van der Waals surface area contributed by atoms with Crippen LogP contribution >= 0.6 is 0 Å². The van der Waals surface area contributed by atoms with Crippen molar-refractivity contribution >= 4 is 5.69 Å². The number of rotatable bonds is 3. The van der Waals surface area contributed by atoms with Gasteiger partial charge >= 0.3 is 0 Å². The molecule has 0 radical (unpaired) electrons. The van der Waals surface area contributed by atoms with Gasteiger partial charge in [0, 0.05) is 12.5 Å². The van der Waals surface area contributed by atoms with Crippen LogP contribution in [-0.2, 0) is 6.42 Å². The van der Waals surface area contributed by atoms with E-state index < -0.39 is 0 Å². The van der Waals surface area contributed by atoms with Gasteiger partial charge in [0.1, 0.15) is 5.82 Å². The normalized spacial score (nSPS) is 16.9. The number of fused-ring (bicyclic) bond motifs is 1. The van der Waals surface area contributed by atoms with Crippen molar-refractivity contribution in [3.8, 4) is 0 Å². The van der Waals surface area contributed by atoms with E-state index in [1.165, 1.54) is 17.2 Å². The molecule has 3 rings (SSSR count). The van der Waals surface area contributed by atoms with E-state index in [0.29, 0.717) is 11.6 Å². The summed E-state index contributed by atoms with van der Waals surface area (Å²) in [4.78, 5) is 0. The lowest BCUT2D eigenvalue weighted by Gasteiger charge is -2.30. The van der Waals surface area contributed by atoms with Crippen LogP contribution in [0.15, 0.2) is 42.5 Å². The van der Waals surface area contributed by atoms with Gasteiger partial charge in [0.05, 0.1) is 5.69 Å². The molecular formula is C16H16FN. The van der Waals surface area contributed by atoms with Crippen LogP contribution in [0.2, 0.25) is 0 Å². The molecule has 1 N–H and O–H groups in total. The maximum atomic E-state index is 13.6. The molecule has 0 amide bonds. The predicted octanol–water partition coefficient (Wildman–Crippen LogP) is 3.89. The highest BCUT2D eigenvalue weighted by Crippen LogP contribution is 2.34. The maximum absolute atomic E-state index is 13.6. The molecule has 1 atom stereocenters. The molecule has 0 aliphatic heterocycles. The average molecular weight is 241 g/mol. The Bertz CT molecular complexity index is 577. The third kappa shape index (κ3) is 1.99. The largest absolute Gasteiger partial charge is 0.382 e. The highest BCUT2D eigenvalue weighted by molar-refractivity contribution is 5.49. The zero-order chi connectivity index (χ0) is 12.5. The zero-order valence-corrected chi connectivity index (χ0v) is 10.4. The molecule has 0 heterocycles. The molecule has 92 valence electrons. The molecule has 0 fully saturated rings.